The SMILES string of the molecule is CC1Cn2c(nc(Br)c2OC(c2ccccc2)c2ccccc2)O1. The van der Waals surface area contributed by atoms with Crippen molar-refractivity contribution in [2.24, 2.45) is 0 Å². The molecule has 4 rings (SSSR count). The molecule has 0 amide bonds. The van der Waals surface area contributed by atoms with Crippen LogP contribution in [0.25, 0.3) is 0 Å². The van der Waals surface area contributed by atoms with Crippen LogP contribution in [0.15, 0.2) is 65.3 Å². The number of aromatic nitrogens is 2. The van der Waals surface area contributed by atoms with E-state index in [1.165, 1.54) is 0 Å². The second kappa shape index (κ2) is 6.32. The number of hydrogen-bond donors (Lipinski definition) is 0. The van der Waals surface area contributed by atoms with Crippen molar-refractivity contribution >= 4 is 15.9 Å². The second-order valence-electron chi connectivity index (χ2n) is 5.85. The Hall–Kier alpha value is -2.27. The van der Waals surface area contributed by atoms with E-state index in [0.29, 0.717) is 16.5 Å². The molecule has 1 unspecified atom stereocenters. The van der Waals surface area contributed by atoms with Gasteiger partial charge in [0.15, 0.2) is 10.7 Å². The van der Waals surface area contributed by atoms with E-state index in [4.69, 9.17) is 9.47 Å². The van der Waals surface area contributed by atoms with E-state index >= 15 is 0 Å². The van der Waals surface area contributed by atoms with Gasteiger partial charge in [-0.1, -0.05) is 60.7 Å². The summed E-state index contributed by atoms with van der Waals surface area (Å²) < 4.78 is 14.8. The maximum Gasteiger partial charge on any atom is 0.300 e. The standard InChI is InChI=1S/C19H17BrN2O2/c1-13-12-22-18(17(20)21-19(22)23-13)24-16(14-8-4-2-5-9-14)15-10-6-3-7-11-15/h2-11,13,16H,12H2,1H3. The van der Waals surface area contributed by atoms with Crippen LogP contribution in [-0.2, 0) is 6.54 Å². The summed E-state index contributed by atoms with van der Waals surface area (Å²) in [5.41, 5.74) is 2.19. The van der Waals surface area contributed by atoms with Gasteiger partial charge < -0.3 is 9.47 Å². The summed E-state index contributed by atoms with van der Waals surface area (Å²) in [4.78, 5) is 4.41. The zero-order valence-corrected chi connectivity index (χ0v) is 14.8. The summed E-state index contributed by atoms with van der Waals surface area (Å²) in [5.74, 6) is 0.701. The Morgan fingerprint density at radius 2 is 1.67 bits per heavy atom. The van der Waals surface area contributed by atoms with Crippen molar-refractivity contribution in [1.29, 1.82) is 0 Å². The fourth-order valence-corrected chi connectivity index (χ4v) is 3.38. The molecule has 3 aromatic rings. The molecule has 0 saturated carbocycles. The largest absolute Gasteiger partial charge is 0.464 e. The lowest BCUT2D eigenvalue weighted by Gasteiger charge is -2.20. The number of hydrogen-bond acceptors (Lipinski definition) is 3. The van der Waals surface area contributed by atoms with Crippen molar-refractivity contribution in [1.82, 2.24) is 9.55 Å². The zero-order chi connectivity index (χ0) is 16.5. The van der Waals surface area contributed by atoms with E-state index in [1.54, 1.807) is 0 Å². The van der Waals surface area contributed by atoms with Crippen LogP contribution in [0, 0.1) is 0 Å². The van der Waals surface area contributed by atoms with E-state index in [1.807, 2.05) is 47.9 Å². The summed E-state index contributed by atoms with van der Waals surface area (Å²) in [7, 11) is 0. The minimum absolute atomic E-state index is 0.106. The third kappa shape index (κ3) is 2.80. The van der Waals surface area contributed by atoms with Crippen LogP contribution in [0.5, 0.6) is 11.9 Å². The molecule has 24 heavy (non-hydrogen) atoms. The highest BCUT2D eigenvalue weighted by atomic mass is 79.9. The summed E-state index contributed by atoms with van der Waals surface area (Å²) in [6.45, 7) is 2.76. The van der Waals surface area contributed by atoms with Crippen LogP contribution < -0.4 is 9.47 Å². The maximum atomic E-state index is 6.42. The van der Waals surface area contributed by atoms with Crippen LogP contribution in [0.4, 0.5) is 0 Å². The molecule has 0 fully saturated rings. The Bertz CT molecular complexity index is 794. The molecule has 4 nitrogen and oxygen atoms in total. The highest BCUT2D eigenvalue weighted by Gasteiger charge is 2.29. The van der Waals surface area contributed by atoms with Crippen LogP contribution in [0.2, 0.25) is 0 Å². The quantitative estimate of drug-likeness (QED) is 0.659. The molecule has 5 heteroatoms. The highest BCUT2D eigenvalue weighted by Crippen LogP contribution is 2.38. The first-order chi connectivity index (χ1) is 11.7. The first kappa shape index (κ1) is 15.3. The lowest BCUT2D eigenvalue weighted by Crippen LogP contribution is -2.13. The molecule has 0 radical (unpaired) electrons. The van der Waals surface area contributed by atoms with Gasteiger partial charge >= 0.3 is 6.01 Å². The summed E-state index contributed by atoms with van der Waals surface area (Å²) in [6.07, 6.45) is -0.102. The predicted molar refractivity (Wildman–Crippen MR) is 95.4 cm³/mol. The minimum atomic E-state index is -0.208. The molecule has 0 bridgehead atoms. The second-order valence-corrected chi connectivity index (χ2v) is 6.60. The van der Waals surface area contributed by atoms with Crippen molar-refractivity contribution in [3.05, 3.63) is 76.4 Å². The molecule has 1 aliphatic rings. The van der Waals surface area contributed by atoms with Gasteiger partial charge in [0.25, 0.3) is 0 Å². The molecule has 0 spiro atoms. The van der Waals surface area contributed by atoms with E-state index in [2.05, 4.69) is 45.2 Å². The van der Waals surface area contributed by atoms with E-state index in [9.17, 15) is 0 Å². The summed E-state index contributed by atoms with van der Waals surface area (Å²) >= 11 is 3.50. The van der Waals surface area contributed by atoms with Gasteiger partial charge in [-0.15, -0.1) is 0 Å². The first-order valence-corrected chi connectivity index (χ1v) is 8.71. The number of benzene rings is 2. The van der Waals surface area contributed by atoms with Crippen molar-refractivity contribution in [3.8, 4) is 11.9 Å². The molecule has 122 valence electrons. The summed E-state index contributed by atoms with van der Waals surface area (Å²) in [5, 5.41) is 0. The van der Waals surface area contributed by atoms with Crippen molar-refractivity contribution < 1.29 is 9.47 Å². The van der Waals surface area contributed by atoms with Crippen LogP contribution in [0.3, 0.4) is 0 Å². The van der Waals surface area contributed by atoms with Gasteiger partial charge in [-0.25, -0.2) is 0 Å². The Kier molecular flexibility index (Phi) is 4.02. The Labute approximate surface area is 149 Å². The van der Waals surface area contributed by atoms with Crippen LogP contribution in [0.1, 0.15) is 24.2 Å². The minimum Gasteiger partial charge on any atom is -0.464 e. The molecule has 0 N–H and O–H groups in total. The van der Waals surface area contributed by atoms with E-state index in [0.717, 1.165) is 17.7 Å². The number of halogens is 1. The molecule has 1 aromatic heterocycles. The molecule has 0 saturated heterocycles. The Morgan fingerprint density at radius 3 is 2.25 bits per heavy atom. The number of rotatable bonds is 4. The lowest BCUT2D eigenvalue weighted by atomic mass is 10.0. The lowest BCUT2D eigenvalue weighted by molar-refractivity contribution is 0.221. The molecule has 1 atom stereocenters. The van der Waals surface area contributed by atoms with Gasteiger partial charge in [-0.3, -0.25) is 4.57 Å². The van der Waals surface area contributed by atoms with Crippen molar-refractivity contribution in [3.63, 3.8) is 0 Å². The average Bonchev–Trinajstić information content (AvgIpc) is 3.09. The van der Waals surface area contributed by atoms with Crippen molar-refractivity contribution in [2.45, 2.75) is 25.7 Å². The molecule has 0 aliphatic carbocycles. The molecule has 2 aromatic carbocycles. The van der Waals surface area contributed by atoms with Gasteiger partial charge in [-0.2, -0.15) is 4.98 Å². The normalized spacial score (nSPS) is 16.0. The number of imidazole rings is 1. The third-order valence-corrected chi connectivity index (χ3v) is 4.54. The number of fused-ring (bicyclic) bond motifs is 1. The van der Waals surface area contributed by atoms with Crippen LogP contribution in [-0.4, -0.2) is 15.7 Å². The highest BCUT2D eigenvalue weighted by molar-refractivity contribution is 9.10. The van der Waals surface area contributed by atoms with Gasteiger partial charge in [0.05, 0.1) is 6.54 Å². The topological polar surface area (TPSA) is 36.3 Å². The fraction of sp³-hybridized carbons (Fsp3) is 0.211. The number of ether oxygens (including phenoxy) is 2. The number of nitrogens with zero attached hydrogens (tertiary/aromatic N) is 2. The molecule has 2 heterocycles. The fourth-order valence-electron chi connectivity index (χ4n) is 2.92. The molecule has 1 aliphatic heterocycles. The van der Waals surface area contributed by atoms with Gasteiger partial charge in [0.1, 0.15) is 6.10 Å². The average molecular weight is 385 g/mol. The molecular formula is C19H17BrN2O2. The summed E-state index contributed by atoms with van der Waals surface area (Å²) in [6, 6.07) is 21.0. The molecular weight excluding hydrogens is 368 g/mol. The first-order valence-electron chi connectivity index (χ1n) is 7.91. The third-order valence-electron chi connectivity index (χ3n) is 4.03. The zero-order valence-electron chi connectivity index (χ0n) is 13.2. The van der Waals surface area contributed by atoms with Gasteiger partial charge in [0.2, 0.25) is 5.88 Å². The monoisotopic (exact) mass is 384 g/mol. The van der Waals surface area contributed by atoms with Crippen molar-refractivity contribution in [2.75, 3.05) is 0 Å². The van der Waals surface area contributed by atoms with E-state index in [-0.39, 0.29) is 12.2 Å². The van der Waals surface area contributed by atoms with Gasteiger partial charge in [0, 0.05) is 0 Å². The Balaban J connectivity index is 1.74. The predicted octanol–water partition coefficient (Wildman–Crippen LogP) is 4.59. The van der Waals surface area contributed by atoms with Crippen LogP contribution >= 0.6 is 15.9 Å². The smallest absolute Gasteiger partial charge is 0.300 e. The maximum absolute atomic E-state index is 6.42. The van der Waals surface area contributed by atoms with Gasteiger partial charge in [-0.05, 0) is 34.0 Å². The Morgan fingerprint density at radius 1 is 1.08 bits per heavy atom. The van der Waals surface area contributed by atoms with E-state index < -0.39 is 0 Å².